The van der Waals surface area contributed by atoms with Gasteiger partial charge in [-0.2, -0.15) is 0 Å². The van der Waals surface area contributed by atoms with E-state index in [0.29, 0.717) is 45.1 Å². The van der Waals surface area contributed by atoms with Gasteiger partial charge in [-0.15, -0.1) is 0 Å². The van der Waals surface area contributed by atoms with Gasteiger partial charge in [-0.05, 0) is 25.0 Å². The van der Waals surface area contributed by atoms with Crippen LogP contribution < -0.4 is 0 Å². The predicted molar refractivity (Wildman–Crippen MR) is 94.3 cm³/mol. The standard InChI is InChI=1S/C19H23N3O3/c23-18(21-8-10-25-11-9-21)15-5-3-7-22(13-15)19(24)17-12-14-4-1-2-6-16(14)20-17/h1-2,4,6,12,15,20H,3,5,7-11,13H2. The van der Waals surface area contributed by atoms with Crippen molar-refractivity contribution < 1.29 is 14.3 Å². The molecule has 4 rings (SSSR count). The Morgan fingerprint density at radius 1 is 1.08 bits per heavy atom. The molecular formula is C19H23N3O3. The molecule has 0 aliphatic carbocycles. The number of carbonyl (C=O) groups is 2. The lowest BCUT2D eigenvalue weighted by molar-refractivity contribution is -0.141. The molecule has 6 heteroatoms. The number of benzene rings is 1. The van der Waals surface area contributed by atoms with E-state index in [-0.39, 0.29) is 17.7 Å². The molecule has 1 unspecified atom stereocenters. The fourth-order valence-electron chi connectivity index (χ4n) is 3.76. The van der Waals surface area contributed by atoms with Gasteiger partial charge in [0.05, 0.1) is 19.1 Å². The normalized spacial score (nSPS) is 21.5. The van der Waals surface area contributed by atoms with Crippen molar-refractivity contribution in [3.05, 3.63) is 36.0 Å². The summed E-state index contributed by atoms with van der Waals surface area (Å²) in [4.78, 5) is 32.5. The predicted octanol–water partition coefficient (Wildman–Crippen LogP) is 1.88. The van der Waals surface area contributed by atoms with Crippen LogP contribution in [0.1, 0.15) is 23.3 Å². The van der Waals surface area contributed by atoms with Gasteiger partial charge in [-0.1, -0.05) is 18.2 Å². The fraction of sp³-hybridized carbons (Fsp3) is 0.474. The van der Waals surface area contributed by atoms with E-state index in [1.54, 1.807) is 0 Å². The molecule has 0 bridgehead atoms. The Morgan fingerprint density at radius 2 is 1.88 bits per heavy atom. The summed E-state index contributed by atoms with van der Waals surface area (Å²) in [6.45, 7) is 3.74. The van der Waals surface area contributed by atoms with Gasteiger partial charge in [0.1, 0.15) is 5.69 Å². The molecule has 0 saturated carbocycles. The van der Waals surface area contributed by atoms with Gasteiger partial charge >= 0.3 is 0 Å². The van der Waals surface area contributed by atoms with Gasteiger partial charge in [0.15, 0.2) is 0 Å². The highest BCUT2D eigenvalue weighted by atomic mass is 16.5. The van der Waals surface area contributed by atoms with Crippen LogP contribution >= 0.6 is 0 Å². The molecule has 6 nitrogen and oxygen atoms in total. The lowest BCUT2D eigenvalue weighted by atomic mass is 9.96. The third kappa shape index (κ3) is 3.26. The molecule has 2 aromatic rings. The number of morpholine rings is 1. The van der Waals surface area contributed by atoms with Gasteiger partial charge in [-0.3, -0.25) is 9.59 Å². The van der Waals surface area contributed by atoms with Crippen LogP contribution in [0.15, 0.2) is 30.3 Å². The molecule has 0 spiro atoms. The van der Waals surface area contributed by atoms with E-state index in [9.17, 15) is 9.59 Å². The second-order valence-corrected chi connectivity index (χ2v) is 6.80. The summed E-state index contributed by atoms with van der Waals surface area (Å²) in [6, 6.07) is 9.76. The maximum atomic E-state index is 12.9. The SMILES string of the molecule is O=C(c1cc2ccccc2[nH]1)N1CCCC(C(=O)N2CCOCC2)C1. The highest BCUT2D eigenvalue weighted by molar-refractivity contribution is 5.98. The minimum absolute atomic E-state index is 0.0179. The molecule has 2 aliphatic rings. The highest BCUT2D eigenvalue weighted by Crippen LogP contribution is 2.22. The summed E-state index contributed by atoms with van der Waals surface area (Å²) in [5.74, 6) is 0.0494. The fourth-order valence-corrected chi connectivity index (χ4v) is 3.76. The molecule has 1 aromatic carbocycles. The minimum Gasteiger partial charge on any atom is -0.378 e. The van der Waals surface area contributed by atoms with E-state index in [1.807, 2.05) is 40.1 Å². The first-order chi connectivity index (χ1) is 12.2. The van der Waals surface area contributed by atoms with Crippen molar-refractivity contribution in [3.8, 4) is 0 Å². The Morgan fingerprint density at radius 3 is 2.68 bits per heavy atom. The van der Waals surface area contributed by atoms with Gasteiger partial charge in [-0.25, -0.2) is 0 Å². The smallest absolute Gasteiger partial charge is 0.270 e. The summed E-state index contributed by atoms with van der Waals surface area (Å²) < 4.78 is 5.32. The average Bonchev–Trinajstić information content (AvgIpc) is 3.12. The van der Waals surface area contributed by atoms with Crippen molar-refractivity contribution in [3.63, 3.8) is 0 Å². The monoisotopic (exact) mass is 341 g/mol. The zero-order valence-electron chi connectivity index (χ0n) is 14.2. The summed E-state index contributed by atoms with van der Waals surface area (Å²) in [7, 11) is 0. The second-order valence-electron chi connectivity index (χ2n) is 6.80. The number of nitrogens with one attached hydrogen (secondary N) is 1. The number of fused-ring (bicyclic) bond motifs is 1. The van der Waals surface area contributed by atoms with E-state index in [0.717, 1.165) is 23.7 Å². The van der Waals surface area contributed by atoms with Crippen molar-refractivity contribution >= 4 is 22.7 Å². The van der Waals surface area contributed by atoms with Crippen molar-refractivity contribution in [1.29, 1.82) is 0 Å². The lowest BCUT2D eigenvalue weighted by Gasteiger charge is -2.36. The van der Waals surface area contributed by atoms with Gasteiger partial charge in [0.25, 0.3) is 5.91 Å². The van der Waals surface area contributed by atoms with Crippen molar-refractivity contribution in [2.24, 2.45) is 5.92 Å². The number of para-hydroxylation sites is 1. The molecule has 2 saturated heterocycles. The first-order valence-corrected chi connectivity index (χ1v) is 8.96. The molecule has 2 amide bonds. The number of hydrogen-bond donors (Lipinski definition) is 1. The average molecular weight is 341 g/mol. The zero-order valence-corrected chi connectivity index (χ0v) is 14.2. The molecule has 2 fully saturated rings. The van der Waals surface area contributed by atoms with E-state index in [1.165, 1.54) is 0 Å². The topological polar surface area (TPSA) is 65.6 Å². The van der Waals surface area contributed by atoms with Gasteiger partial charge in [0.2, 0.25) is 5.91 Å². The van der Waals surface area contributed by atoms with Crippen molar-refractivity contribution in [1.82, 2.24) is 14.8 Å². The van der Waals surface area contributed by atoms with Crippen LogP contribution in [0.5, 0.6) is 0 Å². The third-order valence-corrected chi connectivity index (χ3v) is 5.14. The van der Waals surface area contributed by atoms with E-state index in [2.05, 4.69) is 4.98 Å². The molecule has 1 N–H and O–H groups in total. The number of aromatic nitrogens is 1. The van der Waals surface area contributed by atoms with Crippen LogP contribution in [0.3, 0.4) is 0 Å². The maximum absolute atomic E-state index is 12.9. The summed E-state index contributed by atoms with van der Waals surface area (Å²) in [5, 5.41) is 1.03. The number of likely N-dealkylation sites (tertiary alicyclic amines) is 1. The Labute approximate surface area is 146 Å². The molecule has 3 heterocycles. The number of carbonyl (C=O) groups excluding carboxylic acids is 2. The molecule has 132 valence electrons. The zero-order chi connectivity index (χ0) is 17.2. The number of H-pyrrole nitrogens is 1. The number of aromatic amines is 1. The maximum Gasteiger partial charge on any atom is 0.270 e. The first-order valence-electron chi connectivity index (χ1n) is 8.96. The molecule has 1 atom stereocenters. The number of rotatable bonds is 2. The Balaban J connectivity index is 1.46. The number of nitrogens with zero attached hydrogens (tertiary/aromatic N) is 2. The number of piperidine rings is 1. The Kier molecular flexibility index (Phi) is 4.44. The molecule has 25 heavy (non-hydrogen) atoms. The summed E-state index contributed by atoms with van der Waals surface area (Å²) in [6.07, 6.45) is 1.72. The van der Waals surface area contributed by atoms with Crippen LogP contribution in [0.4, 0.5) is 0 Å². The van der Waals surface area contributed by atoms with Crippen molar-refractivity contribution in [2.75, 3.05) is 39.4 Å². The number of hydrogen-bond acceptors (Lipinski definition) is 3. The van der Waals surface area contributed by atoms with Crippen molar-refractivity contribution in [2.45, 2.75) is 12.8 Å². The third-order valence-electron chi connectivity index (χ3n) is 5.14. The largest absolute Gasteiger partial charge is 0.378 e. The summed E-state index contributed by atoms with van der Waals surface area (Å²) in [5.41, 5.74) is 1.56. The quantitative estimate of drug-likeness (QED) is 0.907. The van der Waals surface area contributed by atoms with Crippen LogP contribution in [0, 0.1) is 5.92 Å². The highest BCUT2D eigenvalue weighted by Gasteiger charge is 2.32. The first kappa shape index (κ1) is 16.1. The summed E-state index contributed by atoms with van der Waals surface area (Å²) >= 11 is 0. The van der Waals surface area contributed by atoms with Crippen LogP contribution in [0.25, 0.3) is 10.9 Å². The van der Waals surface area contributed by atoms with E-state index >= 15 is 0 Å². The second kappa shape index (κ2) is 6.88. The molecular weight excluding hydrogens is 318 g/mol. The Bertz CT molecular complexity index is 746. The van der Waals surface area contributed by atoms with Crippen LogP contribution in [-0.2, 0) is 9.53 Å². The van der Waals surface area contributed by atoms with Crippen LogP contribution in [0.2, 0.25) is 0 Å². The Hall–Kier alpha value is -2.34. The van der Waals surface area contributed by atoms with E-state index in [4.69, 9.17) is 4.74 Å². The lowest BCUT2D eigenvalue weighted by Crippen LogP contribution is -2.49. The van der Waals surface area contributed by atoms with Gasteiger partial charge < -0.3 is 19.5 Å². The molecule has 0 radical (unpaired) electrons. The number of amides is 2. The minimum atomic E-state index is -0.0971. The van der Waals surface area contributed by atoms with E-state index < -0.39 is 0 Å². The molecule has 1 aromatic heterocycles. The molecule has 2 aliphatic heterocycles. The number of ether oxygens (including phenoxy) is 1. The van der Waals surface area contributed by atoms with Crippen LogP contribution in [-0.4, -0.2) is 66.0 Å². The van der Waals surface area contributed by atoms with Gasteiger partial charge in [0, 0.05) is 37.1 Å².